The molecule has 0 bridgehead atoms. The number of fused-ring (bicyclic) bond motifs is 1. The maximum absolute atomic E-state index is 12.5. The van der Waals surface area contributed by atoms with Crippen LogP contribution >= 0.6 is 0 Å². The van der Waals surface area contributed by atoms with E-state index in [1.807, 2.05) is 23.1 Å². The summed E-state index contributed by atoms with van der Waals surface area (Å²) in [6, 6.07) is 12.1. The molecule has 0 aliphatic carbocycles. The van der Waals surface area contributed by atoms with Crippen LogP contribution < -0.4 is 4.90 Å². The maximum Gasteiger partial charge on any atom is 0.274 e. The van der Waals surface area contributed by atoms with Gasteiger partial charge in [-0.15, -0.1) is 10.2 Å². The molecule has 124 valence electrons. The van der Waals surface area contributed by atoms with Crippen molar-refractivity contribution in [3.8, 4) is 0 Å². The van der Waals surface area contributed by atoms with E-state index in [0.717, 1.165) is 44.7 Å². The third kappa shape index (κ3) is 2.75. The molecule has 1 aromatic heterocycles. The van der Waals surface area contributed by atoms with E-state index in [-0.39, 0.29) is 5.91 Å². The van der Waals surface area contributed by atoms with E-state index in [1.54, 1.807) is 0 Å². The van der Waals surface area contributed by atoms with Gasteiger partial charge in [-0.3, -0.25) is 4.79 Å². The summed E-state index contributed by atoms with van der Waals surface area (Å²) in [7, 11) is 0. The summed E-state index contributed by atoms with van der Waals surface area (Å²) in [5.41, 5.74) is 2.97. The Hall–Kier alpha value is -2.43. The van der Waals surface area contributed by atoms with Crippen LogP contribution in [-0.2, 0) is 6.42 Å². The van der Waals surface area contributed by atoms with Gasteiger partial charge in [0.1, 0.15) is 0 Å². The lowest BCUT2D eigenvalue weighted by atomic mass is 9.99. The van der Waals surface area contributed by atoms with Crippen molar-refractivity contribution >= 4 is 17.4 Å². The molecule has 5 nitrogen and oxygen atoms in total. The minimum atomic E-state index is 0.00257. The number of hydrogen-bond acceptors (Lipinski definition) is 4. The molecule has 0 radical (unpaired) electrons. The number of aromatic nitrogens is 2. The third-order valence-electron chi connectivity index (χ3n) is 5.10. The number of piperidine rings is 1. The fraction of sp³-hybridized carbons (Fsp3) is 0.421. The first-order valence-corrected chi connectivity index (χ1v) is 8.71. The average Bonchev–Trinajstić information content (AvgIpc) is 3.06. The van der Waals surface area contributed by atoms with Crippen molar-refractivity contribution in [1.82, 2.24) is 15.1 Å². The predicted molar refractivity (Wildman–Crippen MR) is 93.5 cm³/mol. The highest BCUT2D eigenvalue weighted by Gasteiger charge is 2.24. The first kappa shape index (κ1) is 15.1. The van der Waals surface area contributed by atoms with E-state index in [0.29, 0.717) is 11.6 Å². The number of carbonyl (C=O) groups excluding carboxylic acids is 1. The molecule has 24 heavy (non-hydrogen) atoms. The summed E-state index contributed by atoms with van der Waals surface area (Å²) < 4.78 is 0. The molecule has 0 spiro atoms. The molecular weight excluding hydrogens is 300 g/mol. The maximum atomic E-state index is 12.5. The van der Waals surface area contributed by atoms with E-state index < -0.39 is 0 Å². The van der Waals surface area contributed by atoms with Crippen LogP contribution in [0, 0.1) is 5.92 Å². The van der Waals surface area contributed by atoms with Crippen LogP contribution in [0.25, 0.3) is 0 Å². The van der Waals surface area contributed by atoms with Gasteiger partial charge >= 0.3 is 0 Å². The van der Waals surface area contributed by atoms with Crippen molar-refractivity contribution in [2.24, 2.45) is 5.92 Å². The molecule has 0 saturated carbocycles. The SMILES string of the molecule is CC1CCN(C(=O)c2ccc(N3CCc4ccccc43)nn2)CC1. The number of rotatable bonds is 2. The summed E-state index contributed by atoms with van der Waals surface area (Å²) in [5.74, 6) is 1.52. The zero-order valence-electron chi connectivity index (χ0n) is 14.0. The fourth-order valence-corrected chi connectivity index (χ4v) is 3.53. The normalized spacial score (nSPS) is 17.9. The highest BCUT2D eigenvalue weighted by Crippen LogP contribution is 2.32. The fourth-order valence-electron chi connectivity index (χ4n) is 3.53. The molecule has 3 heterocycles. The van der Waals surface area contributed by atoms with Crippen molar-refractivity contribution in [3.63, 3.8) is 0 Å². The summed E-state index contributed by atoms with van der Waals surface area (Å²) >= 11 is 0. The first-order valence-electron chi connectivity index (χ1n) is 8.71. The van der Waals surface area contributed by atoms with Crippen LogP contribution in [0.2, 0.25) is 0 Å². The van der Waals surface area contributed by atoms with Gasteiger partial charge in [-0.25, -0.2) is 0 Å². The number of amides is 1. The molecule has 1 fully saturated rings. The van der Waals surface area contributed by atoms with Crippen molar-refractivity contribution < 1.29 is 4.79 Å². The van der Waals surface area contributed by atoms with Crippen LogP contribution in [0.5, 0.6) is 0 Å². The van der Waals surface area contributed by atoms with Gasteiger partial charge in [-0.05, 0) is 48.9 Å². The number of carbonyl (C=O) groups is 1. The van der Waals surface area contributed by atoms with Gasteiger partial charge in [-0.1, -0.05) is 25.1 Å². The molecule has 0 atom stereocenters. The number of likely N-dealkylation sites (tertiary alicyclic amines) is 1. The monoisotopic (exact) mass is 322 g/mol. The Morgan fingerprint density at radius 1 is 1.04 bits per heavy atom. The van der Waals surface area contributed by atoms with E-state index in [1.165, 1.54) is 11.3 Å². The van der Waals surface area contributed by atoms with Gasteiger partial charge in [0.2, 0.25) is 0 Å². The highest BCUT2D eigenvalue weighted by molar-refractivity contribution is 5.92. The summed E-state index contributed by atoms with van der Waals surface area (Å²) in [6.07, 6.45) is 3.16. The van der Waals surface area contributed by atoms with Crippen LogP contribution in [0.1, 0.15) is 35.8 Å². The zero-order valence-corrected chi connectivity index (χ0v) is 14.0. The van der Waals surface area contributed by atoms with Crippen LogP contribution in [0.4, 0.5) is 11.5 Å². The third-order valence-corrected chi connectivity index (χ3v) is 5.10. The van der Waals surface area contributed by atoms with Crippen LogP contribution in [0.15, 0.2) is 36.4 Å². The second kappa shape index (κ2) is 6.23. The Bertz CT molecular complexity index is 735. The lowest BCUT2D eigenvalue weighted by molar-refractivity contribution is 0.0690. The van der Waals surface area contributed by atoms with E-state index >= 15 is 0 Å². The summed E-state index contributed by atoms with van der Waals surface area (Å²) in [5, 5.41) is 8.53. The van der Waals surface area contributed by atoms with Crippen LogP contribution in [0.3, 0.4) is 0 Å². The number of hydrogen-bond donors (Lipinski definition) is 0. The van der Waals surface area contributed by atoms with Gasteiger partial charge in [0, 0.05) is 25.3 Å². The minimum Gasteiger partial charge on any atom is -0.337 e. The quantitative estimate of drug-likeness (QED) is 0.853. The second-order valence-electron chi connectivity index (χ2n) is 6.78. The average molecular weight is 322 g/mol. The topological polar surface area (TPSA) is 49.3 Å². The van der Waals surface area contributed by atoms with E-state index in [2.05, 4.69) is 40.2 Å². The lowest BCUT2D eigenvalue weighted by Crippen LogP contribution is -2.38. The second-order valence-corrected chi connectivity index (χ2v) is 6.78. The van der Waals surface area contributed by atoms with Crippen molar-refractivity contribution in [2.45, 2.75) is 26.2 Å². The molecule has 1 saturated heterocycles. The standard InChI is InChI=1S/C19H22N4O/c1-14-8-11-22(12-9-14)19(24)16-6-7-18(21-20-16)23-13-10-15-4-2-3-5-17(15)23/h2-7,14H,8-13H2,1H3. The Morgan fingerprint density at radius 2 is 1.83 bits per heavy atom. The van der Waals surface area contributed by atoms with Crippen molar-refractivity contribution in [3.05, 3.63) is 47.7 Å². The number of para-hydroxylation sites is 1. The molecule has 5 heteroatoms. The molecular formula is C19H22N4O. The summed E-state index contributed by atoms with van der Waals surface area (Å²) in [4.78, 5) is 16.6. The Kier molecular flexibility index (Phi) is 3.92. The highest BCUT2D eigenvalue weighted by atomic mass is 16.2. The molecule has 2 aliphatic heterocycles. The molecule has 1 amide bonds. The molecule has 4 rings (SSSR count). The molecule has 1 aromatic carbocycles. The van der Waals surface area contributed by atoms with Crippen LogP contribution in [-0.4, -0.2) is 40.6 Å². The first-order chi connectivity index (χ1) is 11.7. The van der Waals surface area contributed by atoms with E-state index in [4.69, 9.17) is 0 Å². The number of anilines is 2. The number of nitrogens with zero attached hydrogens (tertiary/aromatic N) is 4. The molecule has 2 aliphatic rings. The van der Waals surface area contributed by atoms with E-state index in [9.17, 15) is 4.79 Å². The summed E-state index contributed by atoms with van der Waals surface area (Å²) in [6.45, 7) is 4.79. The smallest absolute Gasteiger partial charge is 0.274 e. The molecule has 2 aromatic rings. The van der Waals surface area contributed by atoms with Gasteiger partial charge < -0.3 is 9.80 Å². The zero-order chi connectivity index (χ0) is 16.5. The number of benzene rings is 1. The Balaban J connectivity index is 1.50. The van der Waals surface area contributed by atoms with Gasteiger partial charge in [0.05, 0.1) is 0 Å². The van der Waals surface area contributed by atoms with Gasteiger partial charge in [0.15, 0.2) is 11.5 Å². The molecule has 0 N–H and O–H groups in total. The van der Waals surface area contributed by atoms with Gasteiger partial charge in [0.25, 0.3) is 5.91 Å². The predicted octanol–water partition coefficient (Wildman–Crippen LogP) is 3.04. The molecule has 0 unspecified atom stereocenters. The van der Waals surface area contributed by atoms with Crippen molar-refractivity contribution in [2.75, 3.05) is 24.5 Å². The Labute approximate surface area is 142 Å². The lowest BCUT2D eigenvalue weighted by Gasteiger charge is -2.29. The largest absolute Gasteiger partial charge is 0.337 e. The minimum absolute atomic E-state index is 0.00257. The Morgan fingerprint density at radius 3 is 2.58 bits per heavy atom. The van der Waals surface area contributed by atoms with Crippen molar-refractivity contribution in [1.29, 1.82) is 0 Å². The van der Waals surface area contributed by atoms with Gasteiger partial charge in [-0.2, -0.15) is 0 Å².